The second-order valence-corrected chi connectivity index (χ2v) is 6.51. The van der Waals surface area contributed by atoms with Crippen molar-refractivity contribution in [2.75, 3.05) is 24.2 Å². The summed E-state index contributed by atoms with van der Waals surface area (Å²) >= 11 is 3.31. The molecular formula is C13H14BrN3O3S. The second kappa shape index (κ2) is 6.31. The van der Waals surface area contributed by atoms with Gasteiger partial charge < -0.3 is 10.1 Å². The summed E-state index contributed by atoms with van der Waals surface area (Å²) < 4.78 is 33.0. The van der Waals surface area contributed by atoms with E-state index in [1.807, 2.05) is 0 Å². The summed E-state index contributed by atoms with van der Waals surface area (Å²) in [5, 5.41) is 2.75. The highest BCUT2D eigenvalue weighted by atomic mass is 79.9. The number of nitrogens with zero attached hydrogens (tertiary/aromatic N) is 1. The summed E-state index contributed by atoms with van der Waals surface area (Å²) in [6, 6.07) is 8.21. The Labute approximate surface area is 131 Å². The van der Waals surface area contributed by atoms with Gasteiger partial charge in [-0.1, -0.05) is 0 Å². The Morgan fingerprint density at radius 3 is 2.67 bits per heavy atom. The van der Waals surface area contributed by atoms with Crippen molar-refractivity contribution in [2.45, 2.75) is 5.03 Å². The van der Waals surface area contributed by atoms with E-state index in [-0.39, 0.29) is 5.03 Å². The summed E-state index contributed by atoms with van der Waals surface area (Å²) in [6.07, 6.45) is 1.43. The Morgan fingerprint density at radius 2 is 2.05 bits per heavy atom. The third-order valence-electron chi connectivity index (χ3n) is 2.70. The highest BCUT2D eigenvalue weighted by Crippen LogP contribution is 2.29. The molecule has 1 heterocycles. The zero-order chi connectivity index (χ0) is 15.5. The van der Waals surface area contributed by atoms with Crippen molar-refractivity contribution >= 4 is 37.3 Å². The van der Waals surface area contributed by atoms with Crippen LogP contribution in [-0.2, 0) is 10.0 Å². The Morgan fingerprint density at radius 1 is 1.29 bits per heavy atom. The molecule has 8 heteroatoms. The number of ether oxygens (including phenoxy) is 1. The first-order valence-corrected chi connectivity index (χ1v) is 8.24. The molecule has 0 saturated heterocycles. The number of nitrogens with one attached hydrogen (secondary N) is 2. The van der Waals surface area contributed by atoms with Crippen LogP contribution in [-0.4, -0.2) is 27.6 Å². The van der Waals surface area contributed by atoms with Gasteiger partial charge in [0.1, 0.15) is 5.75 Å². The molecule has 112 valence electrons. The third-order valence-corrected chi connectivity index (χ3v) is 4.66. The molecule has 21 heavy (non-hydrogen) atoms. The average molecular weight is 372 g/mol. The van der Waals surface area contributed by atoms with Gasteiger partial charge in [0.05, 0.1) is 23.0 Å². The quantitative estimate of drug-likeness (QED) is 0.844. The van der Waals surface area contributed by atoms with Crippen LogP contribution in [0.4, 0.5) is 11.4 Å². The molecule has 1 aromatic carbocycles. The minimum Gasteiger partial charge on any atom is -0.496 e. The third kappa shape index (κ3) is 3.45. The molecule has 0 spiro atoms. The molecule has 0 aliphatic carbocycles. The minimum absolute atomic E-state index is 0.0561. The molecule has 0 aliphatic rings. The lowest BCUT2D eigenvalue weighted by molar-refractivity contribution is 0.412. The van der Waals surface area contributed by atoms with Gasteiger partial charge in [-0.25, -0.2) is 4.98 Å². The molecule has 0 aliphatic heterocycles. The van der Waals surface area contributed by atoms with Gasteiger partial charge in [0, 0.05) is 13.2 Å². The van der Waals surface area contributed by atoms with E-state index in [9.17, 15) is 8.42 Å². The summed E-state index contributed by atoms with van der Waals surface area (Å²) in [7, 11) is -0.600. The van der Waals surface area contributed by atoms with Crippen molar-refractivity contribution in [3.8, 4) is 5.75 Å². The predicted molar refractivity (Wildman–Crippen MR) is 85.3 cm³/mol. The Hall–Kier alpha value is -1.80. The number of halogens is 1. The predicted octanol–water partition coefficient (Wildman–Crippen LogP) is 2.70. The fourth-order valence-corrected chi connectivity index (χ4v) is 3.46. The zero-order valence-corrected chi connectivity index (χ0v) is 13.8. The van der Waals surface area contributed by atoms with E-state index in [4.69, 9.17) is 4.74 Å². The van der Waals surface area contributed by atoms with Crippen molar-refractivity contribution in [1.82, 2.24) is 4.98 Å². The number of benzene rings is 1. The lowest BCUT2D eigenvalue weighted by atomic mass is 10.3. The largest absolute Gasteiger partial charge is 0.496 e. The molecule has 0 fully saturated rings. The second-order valence-electron chi connectivity index (χ2n) is 4.06. The zero-order valence-electron chi connectivity index (χ0n) is 11.4. The van der Waals surface area contributed by atoms with Crippen LogP contribution >= 0.6 is 15.9 Å². The van der Waals surface area contributed by atoms with Gasteiger partial charge in [-0.2, -0.15) is 8.42 Å². The normalized spacial score (nSPS) is 11.0. The van der Waals surface area contributed by atoms with Crippen molar-refractivity contribution in [2.24, 2.45) is 0 Å². The molecule has 0 amide bonds. The molecule has 2 rings (SSSR count). The van der Waals surface area contributed by atoms with Gasteiger partial charge in [-0.3, -0.25) is 4.72 Å². The van der Waals surface area contributed by atoms with Crippen LogP contribution in [0.15, 0.2) is 46.0 Å². The molecule has 1 aromatic heterocycles. The Balaban J connectivity index is 2.35. The van der Waals surface area contributed by atoms with Crippen molar-refractivity contribution in [3.05, 3.63) is 41.0 Å². The molecule has 0 atom stereocenters. The van der Waals surface area contributed by atoms with E-state index in [1.165, 1.54) is 13.3 Å². The number of rotatable bonds is 5. The fraction of sp³-hybridized carbons (Fsp3) is 0.154. The van der Waals surface area contributed by atoms with E-state index < -0.39 is 10.0 Å². The molecule has 0 radical (unpaired) electrons. The van der Waals surface area contributed by atoms with Crippen LogP contribution in [0.5, 0.6) is 5.75 Å². The molecule has 6 nitrogen and oxygen atoms in total. The van der Waals surface area contributed by atoms with E-state index in [0.29, 0.717) is 21.6 Å². The number of sulfonamides is 1. The molecule has 2 aromatic rings. The van der Waals surface area contributed by atoms with Crippen molar-refractivity contribution < 1.29 is 13.2 Å². The van der Waals surface area contributed by atoms with Gasteiger partial charge in [0.15, 0.2) is 5.03 Å². The summed E-state index contributed by atoms with van der Waals surface area (Å²) in [6.45, 7) is 0. The molecule has 0 saturated carbocycles. The monoisotopic (exact) mass is 371 g/mol. The number of pyridine rings is 1. The smallest absolute Gasteiger partial charge is 0.281 e. The topological polar surface area (TPSA) is 80.3 Å². The molecule has 0 unspecified atom stereocenters. The summed E-state index contributed by atoms with van der Waals surface area (Å²) in [5.41, 5.74) is 0.841. The van der Waals surface area contributed by atoms with Gasteiger partial charge in [-0.15, -0.1) is 0 Å². The Kier molecular flexibility index (Phi) is 4.69. The van der Waals surface area contributed by atoms with Crippen molar-refractivity contribution in [1.29, 1.82) is 0 Å². The summed E-state index contributed by atoms with van der Waals surface area (Å²) in [5.74, 6) is 0.617. The SMILES string of the molecule is CNc1cccnc1S(=O)(=O)Nc1ccc(OC)c(Br)c1. The average Bonchev–Trinajstić information content (AvgIpc) is 2.47. The highest BCUT2D eigenvalue weighted by Gasteiger charge is 2.20. The first kappa shape index (κ1) is 15.6. The standard InChI is InChI=1S/C13H14BrN3O3S/c1-15-11-4-3-7-16-13(11)21(18,19)17-9-5-6-12(20-2)10(14)8-9/h3-8,15,17H,1-2H3. The van der Waals surface area contributed by atoms with E-state index in [1.54, 1.807) is 37.4 Å². The fourth-order valence-electron chi connectivity index (χ4n) is 1.73. The highest BCUT2D eigenvalue weighted by molar-refractivity contribution is 9.10. The van der Waals surface area contributed by atoms with Gasteiger partial charge in [0.2, 0.25) is 0 Å². The van der Waals surface area contributed by atoms with Crippen LogP contribution < -0.4 is 14.8 Å². The number of hydrogen-bond donors (Lipinski definition) is 2. The van der Waals surface area contributed by atoms with Crippen LogP contribution in [0, 0.1) is 0 Å². The minimum atomic E-state index is -3.78. The first-order valence-electron chi connectivity index (χ1n) is 5.97. The van der Waals surface area contributed by atoms with Crippen molar-refractivity contribution in [3.63, 3.8) is 0 Å². The molecule has 2 N–H and O–H groups in total. The maximum Gasteiger partial charge on any atom is 0.281 e. The number of methoxy groups -OCH3 is 1. The lowest BCUT2D eigenvalue weighted by Crippen LogP contribution is -2.16. The van der Waals surface area contributed by atoms with E-state index in [2.05, 4.69) is 31.0 Å². The Bertz CT molecular complexity index is 750. The molecule has 0 bridgehead atoms. The molecular weight excluding hydrogens is 358 g/mol. The van der Waals surface area contributed by atoms with Gasteiger partial charge >= 0.3 is 0 Å². The van der Waals surface area contributed by atoms with E-state index >= 15 is 0 Å². The van der Waals surface area contributed by atoms with Crippen LogP contribution in [0.1, 0.15) is 0 Å². The van der Waals surface area contributed by atoms with Gasteiger partial charge in [-0.05, 0) is 46.3 Å². The number of anilines is 2. The number of aromatic nitrogens is 1. The van der Waals surface area contributed by atoms with Crippen LogP contribution in [0.25, 0.3) is 0 Å². The van der Waals surface area contributed by atoms with Crippen LogP contribution in [0.2, 0.25) is 0 Å². The maximum absolute atomic E-state index is 12.4. The maximum atomic E-state index is 12.4. The first-order chi connectivity index (χ1) is 9.97. The van der Waals surface area contributed by atoms with E-state index in [0.717, 1.165) is 0 Å². The summed E-state index contributed by atoms with van der Waals surface area (Å²) in [4.78, 5) is 3.92. The number of hydrogen-bond acceptors (Lipinski definition) is 5. The van der Waals surface area contributed by atoms with Gasteiger partial charge in [0.25, 0.3) is 10.0 Å². The lowest BCUT2D eigenvalue weighted by Gasteiger charge is -2.12. The van der Waals surface area contributed by atoms with Crippen LogP contribution in [0.3, 0.4) is 0 Å².